The minimum Gasteiger partial charge on any atom is -0.341 e. The highest BCUT2D eigenvalue weighted by atomic mass is 32.2. The second-order valence-electron chi connectivity index (χ2n) is 7.05. The first-order valence-corrected chi connectivity index (χ1v) is 10.8. The van der Waals surface area contributed by atoms with Crippen LogP contribution >= 0.6 is 11.8 Å². The monoisotopic (exact) mass is 413 g/mol. The number of urea groups is 1. The van der Waals surface area contributed by atoms with E-state index in [2.05, 4.69) is 32.0 Å². The van der Waals surface area contributed by atoms with Crippen LogP contribution in [0.5, 0.6) is 0 Å². The number of carbonyl (C=O) groups excluding carboxylic acids is 2. The highest BCUT2D eigenvalue weighted by molar-refractivity contribution is 8.00. The van der Waals surface area contributed by atoms with E-state index in [-0.39, 0.29) is 0 Å². The second-order valence-corrected chi connectivity index (χ2v) is 8.12. The van der Waals surface area contributed by atoms with Crippen molar-refractivity contribution >= 4 is 23.7 Å². The predicted molar refractivity (Wildman–Crippen MR) is 114 cm³/mol. The van der Waals surface area contributed by atoms with Gasteiger partial charge in [-0.1, -0.05) is 67.4 Å². The molecule has 2 N–H and O–H groups in total. The zero-order chi connectivity index (χ0) is 20.6. The van der Waals surface area contributed by atoms with Crippen molar-refractivity contribution in [2.75, 3.05) is 7.05 Å². The second kappa shape index (κ2) is 10.2. The predicted octanol–water partition coefficient (Wildman–Crippen LogP) is 3.80. The van der Waals surface area contributed by atoms with Gasteiger partial charge in [0.15, 0.2) is 5.16 Å². The molecule has 1 atom stereocenters. The van der Waals surface area contributed by atoms with Gasteiger partial charge in [-0.05, 0) is 18.4 Å². The van der Waals surface area contributed by atoms with Crippen molar-refractivity contribution in [3.8, 4) is 0 Å². The van der Waals surface area contributed by atoms with Gasteiger partial charge in [0.05, 0.1) is 0 Å². The van der Waals surface area contributed by atoms with Gasteiger partial charge < -0.3 is 9.88 Å². The van der Waals surface area contributed by atoms with Crippen LogP contribution in [0, 0.1) is 0 Å². The van der Waals surface area contributed by atoms with Gasteiger partial charge in [-0.15, -0.1) is 16.8 Å². The normalized spacial score (nSPS) is 15.5. The number of rotatable bonds is 7. The highest BCUT2D eigenvalue weighted by Gasteiger charge is 2.28. The molecule has 0 bridgehead atoms. The van der Waals surface area contributed by atoms with Gasteiger partial charge >= 0.3 is 6.03 Å². The van der Waals surface area contributed by atoms with Gasteiger partial charge in [0, 0.05) is 19.5 Å². The van der Waals surface area contributed by atoms with Crippen molar-refractivity contribution in [3.05, 3.63) is 54.4 Å². The van der Waals surface area contributed by atoms with Crippen LogP contribution in [0.1, 0.15) is 54.7 Å². The largest absolute Gasteiger partial charge is 0.341 e. The number of allylic oxidation sites excluding steroid dienone is 1. The maximum atomic E-state index is 12.8. The molecule has 7 nitrogen and oxygen atoms in total. The number of hydrogen-bond acceptors (Lipinski definition) is 5. The Bertz CT molecular complexity index is 846. The zero-order valence-corrected chi connectivity index (χ0v) is 17.5. The lowest BCUT2D eigenvalue weighted by Crippen LogP contribution is -2.39. The van der Waals surface area contributed by atoms with E-state index in [1.165, 1.54) is 38.1 Å². The first-order valence-electron chi connectivity index (χ1n) is 9.92. The van der Waals surface area contributed by atoms with Gasteiger partial charge in [0.25, 0.3) is 0 Å². The maximum Gasteiger partial charge on any atom is 0.321 e. The molecule has 3 rings (SSSR count). The Hall–Kier alpha value is -2.61. The van der Waals surface area contributed by atoms with E-state index in [0.717, 1.165) is 24.2 Å². The lowest BCUT2D eigenvalue weighted by Gasteiger charge is -2.22. The van der Waals surface area contributed by atoms with Crippen LogP contribution in [0.4, 0.5) is 4.79 Å². The highest BCUT2D eigenvalue weighted by Crippen LogP contribution is 2.38. The number of aromatic nitrogens is 3. The molecule has 154 valence electrons. The summed E-state index contributed by atoms with van der Waals surface area (Å²) in [5.74, 6) is 0.957. The number of carbonyl (C=O) groups is 2. The molecule has 1 aliphatic rings. The summed E-state index contributed by atoms with van der Waals surface area (Å²) in [6, 6.07) is 8.85. The molecule has 1 saturated carbocycles. The fourth-order valence-electron chi connectivity index (χ4n) is 3.60. The molecule has 8 heteroatoms. The number of hydrogen-bond donors (Lipinski definition) is 2. The minimum absolute atomic E-state index is 0.389. The molecule has 29 heavy (non-hydrogen) atoms. The Balaban J connectivity index is 1.90. The molecule has 3 amide bonds. The molecule has 0 aliphatic heterocycles. The fourth-order valence-corrected chi connectivity index (χ4v) is 4.65. The van der Waals surface area contributed by atoms with Crippen molar-refractivity contribution in [1.82, 2.24) is 25.4 Å². The van der Waals surface area contributed by atoms with Crippen molar-refractivity contribution in [3.63, 3.8) is 0 Å². The van der Waals surface area contributed by atoms with Crippen molar-refractivity contribution in [1.29, 1.82) is 0 Å². The Morgan fingerprint density at radius 1 is 1.24 bits per heavy atom. The van der Waals surface area contributed by atoms with E-state index in [4.69, 9.17) is 0 Å². The molecule has 0 spiro atoms. The summed E-state index contributed by atoms with van der Waals surface area (Å²) in [5, 5.41) is 13.7. The first-order chi connectivity index (χ1) is 14.1. The number of nitrogens with one attached hydrogen (secondary N) is 2. The van der Waals surface area contributed by atoms with Crippen LogP contribution in [0.15, 0.2) is 48.1 Å². The Morgan fingerprint density at radius 2 is 1.97 bits per heavy atom. The van der Waals surface area contributed by atoms with Gasteiger partial charge in [-0.3, -0.25) is 10.1 Å². The molecule has 0 radical (unpaired) electrons. The average molecular weight is 414 g/mol. The van der Waals surface area contributed by atoms with Crippen LogP contribution in [0.25, 0.3) is 0 Å². The number of nitrogens with zero attached hydrogens (tertiary/aromatic N) is 3. The lowest BCUT2D eigenvalue weighted by atomic mass is 9.89. The lowest BCUT2D eigenvalue weighted by molar-refractivity contribution is -0.119. The Morgan fingerprint density at radius 3 is 2.62 bits per heavy atom. The zero-order valence-electron chi connectivity index (χ0n) is 16.6. The number of thioether (sulfide) groups is 1. The smallest absolute Gasteiger partial charge is 0.321 e. The summed E-state index contributed by atoms with van der Waals surface area (Å²) >= 11 is 1.30. The minimum atomic E-state index is -0.625. The summed E-state index contributed by atoms with van der Waals surface area (Å²) in [6.07, 6.45) is 7.72. The molecule has 2 aromatic rings. The number of imide groups is 1. The van der Waals surface area contributed by atoms with Crippen molar-refractivity contribution in [2.24, 2.45) is 0 Å². The maximum absolute atomic E-state index is 12.8. The fraction of sp³-hybridized carbons (Fsp3) is 0.429. The summed E-state index contributed by atoms with van der Waals surface area (Å²) in [4.78, 5) is 24.5. The first kappa shape index (κ1) is 21.1. The van der Waals surface area contributed by atoms with Crippen molar-refractivity contribution in [2.45, 2.75) is 55.0 Å². The Kier molecular flexibility index (Phi) is 7.46. The number of amides is 3. The summed E-state index contributed by atoms with van der Waals surface area (Å²) in [6.45, 7) is 4.45. The molecule has 1 heterocycles. The van der Waals surface area contributed by atoms with Gasteiger partial charge in [-0.25, -0.2) is 4.79 Å². The molecule has 1 aromatic carbocycles. The van der Waals surface area contributed by atoms with E-state index in [0.29, 0.717) is 17.6 Å². The third-order valence-electron chi connectivity index (χ3n) is 5.05. The molecule has 1 aliphatic carbocycles. The molecule has 1 aromatic heterocycles. The number of benzene rings is 1. The Labute approximate surface area is 175 Å². The third-order valence-corrected chi connectivity index (χ3v) is 6.29. The van der Waals surface area contributed by atoms with Gasteiger partial charge in [0.2, 0.25) is 5.91 Å². The van der Waals surface area contributed by atoms with Crippen LogP contribution in [-0.4, -0.2) is 33.8 Å². The van der Waals surface area contributed by atoms with E-state index in [1.807, 2.05) is 36.4 Å². The third kappa shape index (κ3) is 5.26. The van der Waals surface area contributed by atoms with Crippen LogP contribution in [0.2, 0.25) is 0 Å². The molecule has 0 unspecified atom stereocenters. The van der Waals surface area contributed by atoms with Crippen LogP contribution < -0.4 is 10.6 Å². The average Bonchev–Trinajstić information content (AvgIpc) is 3.15. The van der Waals surface area contributed by atoms with Gasteiger partial charge in [0.1, 0.15) is 11.1 Å². The summed E-state index contributed by atoms with van der Waals surface area (Å²) < 4.78 is 2.05. The quantitative estimate of drug-likeness (QED) is 0.532. The molecular formula is C21H27N5O2S. The summed E-state index contributed by atoms with van der Waals surface area (Å²) in [5.41, 5.74) is 0.797. The summed E-state index contributed by atoms with van der Waals surface area (Å²) in [7, 11) is 1.48. The standard InChI is InChI=1S/C21H27N5O2S/c1-3-14-26-18(16-12-8-5-9-13-16)24-25-21(26)29-17(15-10-6-4-7-11-15)19(27)23-20(28)22-2/h3-4,6-7,10-11,16-17H,1,5,8-9,12-14H2,2H3,(H2,22,23,27,28)/t17-/m1/s1. The van der Waals surface area contributed by atoms with E-state index in [9.17, 15) is 9.59 Å². The van der Waals surface area contributed by atoms with E-state index in [1.54, 1.807) is 0 Å². The molecular weight excluding hydrogens is 386 g/mol. The van der Waals surface area contributed by atoms with E-state index >= 15 is 0 Å². The SMILES string of the molecule is C=CCn1c(S[C@@H](C(=O)NC(=O)NC)c2ccccc2)nnc1C1CCCCC1. The van der Waals surface area contributed by atoms with Crippen LogP contribution in [-0.2, 0) is 11.3 Å². The molecule has 0 saturated heterocycles. The van der Waals surface area contributed by atoms with Gasteiger partial charge in [-0.2, -0.15) is 0 Å². The van der Waals surface area contributed by atoms with Crippen molar-refractivity contribution < 1.29 is 9.59 Å². The molecule has 1 fully saturated rings. The topological polar surface area (TPSA) is 88.9 Å². The van der Waals surface area contributed by atoms with E-state index < -0.39 is 17.2 Å². The van der Waals surface area contributed by atoms with Crippen LogP contribution in [0.3, 0.4) is 0 Å².